The molecule has 11 heteroatoms. The van der Waals surface area contributed by atoms with Crippen LogP contribution in [0.2, 0.25) is 0 Å². The summed E-state index contributed by atoms with van der Waals surface area (Å²) in [5.41, 5.74) is 1.26. The fraction of sp³-hybridized carbons (Fsp3) is 0.556. The smallest absolute Gasteiger partial charge is 0.255 e. The van der Waals surface area contributed by atoms with Crippen molar-refractivity contribution in [1.82, 2.24) is 20.9 Å². The predicted molar refractivity (Wildman–Crippen MR) is 181 cm³/mol. The van der Waals surface area contributed by atoms with Crippen LogP contribution in [-0.4, -0.2) is 80.6 Å². The van der Waals surface area contributed by atoms with Crippen molar-refractivity contribution in [3.63, 3.8) is 0 Å². The lowest BCUT2D eigenvalue weighted by atomic mass is 9.99. The molecule has 1 aliphatic rings. The second kappa shape index (κ2) is 18.2. The summed E-state index contributed by atoms with van der Waals surface area (Å²) >= 11 is 0. The Balaban J connectivity index is 1.81. The minimum Gasteiger partial charge on any atom is -0.493 e. The molecule has 47 heavy (non-hydrogen) atoms. The van der Waals surface area contributed by atoms with Crippen LogP contribution in [-0.2, 0) is 20.8 Å². The number of nitrogens with one attached hydrogen (secondary N) is 3. The molecule has 0 aromatic heterocycles. The minimum atomic E-state index is -1.18. The molecular formula is C36H52N4O7. The van der Waals surface area contributed by atoms with Gasteiger partial charge in [0.05, 0.1) is 31.7 Å². The number of ether oxygens (including phenoxy) is 3. The van der Waals surface area contributed by atoms with Crippen LogP contribution >= 0.6 is 0 Å². The van der Waals surface area contributed by atoms with Gasteiger partial charge in [0.15, 0.2) is 11.5 Å². The van der Waals surface area contributed by atoms with Crippen LogP contribution < -0.4 is 30.2 Å². The highest BCUT2D eigenvalue weighted by atomic mass is 16.5. The van der Waals surface area contributed by atoms with E-state index < -0.39 is 29.8 Å². The van der Waals surface area contributed by atoms with E-state index in [0.29, 0.717) is 56.1 Å². The van der Waals surface area contributed by atoms with Gasteiger partial charge < -0.3 is 35.1 Å². The molecule has 1 aliphatic heterocycles. The number of aryl methyl sites for hydroxylation is 1. The van der Waals surface area contributed by atoms with Gasteiger partial charge in [-0.25, -0.2) is 0 Å². The van der Waals surface area contributed by atoms with Gasteiger partial charge in [-0.2, -0.15) is 0 Å². The fourth-order valence-electron chi connectivity index (χ4n) is 5.62. The number of benzene rings is 2. The average molecular weight is 653 g/mol. The van der Waals surface area contributed by atoms with Crippen molar-refractivity contribution in [3.05, 3.63) is 53.6 Å². The summed E-state index contributed by atoms with van der Waals surface area (Å²) in [6, 6.07) is 10.2. The first-order chi connectivity index (χ1) is 22.4. The van der Waals surface area contributed by atoms with Crippen molar-refractivity contribution in [1.29, 1.82) is 0 Å². The predicted octanol–water partition coefficient (Wildman–Crippen LogP) is 4.13. The minimum absolute atomic E-state index is 0.123. The molecule has 2 aromatic rings. The van der Waals surface area contributed by atoms with Crippen molar-refractivity contribution in [2.75, 3.05) is 33.9 Å². The van der Waals surface area contributed by atoms with Crippen molar-refractivity contribution in [3.8, 4) is 17.2 Å². The number of hydrogen-bond acceptors (Lipinski definition) is 7. The second-order valence-electron chi connectivity index (χ2n) is 12.8. The Labute approximate surface area is 279 Å². The summed E-state index contributed by atoms with van der Waals surface area (Å²) in [6.45, 7) is 11.0. The van der Waals surface area contributed by atoms with Crippen LogP contribution in [0.5, 0.6) is 17.2 Å². The summed E-state index contributed by atoms with van der Waals surface area (Å²) in [6.07, 6.45) is 2.04. The molecule has 258 valence electrons. The highest BCUT2D eigenvalue weighted by molar-refractivity contribution is 6.01. The summed E-state index contributed by atoms with van der Waals surface area (Å²) in [5.74, 6) is 0.298. The first kappa shape index (κ1) is 37.2. The lowest BCUT2D eigenvalue weighted by molar-refractivity contribution is -0.138. The van der Waals surface area contributed by atoms with Crippen molar-refractivity contribution in [2.24, 2.45) is 11.8 Å². The molecule has 0 spiro atoms. The van der Waals surface area contributed by atoms with E-state index in [1.165, 1.54) is 0 Å². The number of rotatable bonds is 12. The molecule has 1 heterocycles. The summed E-state index contributed by atoms with van der Waals surface area (Å²) in [7, 11) is 3.31. The van der Waals surface area contributed by atoms with Gasteiger partial charge in [0.1, 0.15) is 24.4 Å². The molecule has 3 rings (SSSR count). The Hall–Kier alpha value is -4.28. The Morgan fingerprint density at radius 1 is 1.02 bits per heavy atom. The number of para-hydroxylation sites is 1. The molecule has 0 aliphatic carbocycles. The highest BCUT2D eigenvalue weighted by Crippen LogP contribution is 2.28. The van der Waals surface area contributed by atoms with Gasteiger partial charge in [0, 0.05) is 13.6 Å². The number of amides is 4. The zero-order chi connectivity index (χ0) is 34.5. The van der Waals surface area contributed by atoms with Gasteiger partial charge in [-0.05, 0) is 74.3 Å². The second-order valence-corrected chi connectivity index (χ2v) is 12.8. The van der Waals surface area contributed by atoms with Crippen LogP contribution in [0.1, 0.15) is 76.2 Å². The lowest BCUT2D eigenvalue weighted by Gasteiger charge is -2.33. The molecule has 0 radical (unpaired) electrons. The number of carbonyl (C=O) groups is 4. The maximum atomic E-state index is 13.8. The zero-order valence-electron chi connectivity index (χ0n) is 28.9. The Kier molecular flexibility index (Phi) is 14.4. The van der Waals surface area contributed by atoms with Crippen LogP contribution in [0.4, 0.5) is 0 Å². The first-order valence-corrected chi connectivity index (χ1v) is 16.6. The van der Waals surface area contributed by atoms with Crippen molar-refractivity contribution >= 4 is 23.6 Å². The van der Waals surface area contributed by atoms with E-state index in [1.54, 1.807) is 43.3 Å². The number of fused-ring (bicyclic) bond motifs is 1. The first-order valence-electron chi connectivity index (χ1n) is 16.6. The van der Waals surface area contributed by atoms with Crippen LogP contribution in [0.3, 0.4) is 0 Å². The number of carbonyl (C=O) groups excluding carboxylic acids is 4. The summed E-state index contributed by atoms with van der Waals surface area (Å²) in [4.78, 5) is 55.8. The molecule has 0 unspecified atom stereocenters. The summed E-state index contributed by atoms with van der Waals surface area (Å²) in [5, 5.41) is 8.48. The molecule has 0 bridgehead atoms. The quantitative estimate of drug-likeness (QED) is 0.294. The monoisotopic (exact) mass is 652 g/mol. The van der Waals surface area contributed by atoms with E-state index in [1.807, 2.05) is 39.0 Å². The fourth-order valence-corrected chi connectivity index (χ4v) is 5.62. The molecule has 4 amide bonds. The number of hydrogen-bond donors (Lipinski definition) is 3. The standard InChI is InChI=1S/C36H52N4O7/c1-8-46-31-16-15-25(20-32(31)45-7)12-11-17-37-35(43)28-21-33(41)38-29(19-24(4)5)36(44)40(6)26(18-23(2)3)22-47-30-14-10-9-13-27(30)34(42)39-28/h9-10,13-16,20,23-24,26,28-29H,8,11-12,17-19,21-22H2,1-7H3,(H,37,43)(H,38,41)(H,39,42)/t26-,28+,29-/m1/s1. The van der Waals surface area contributed by atoms with E-state index in [9.17, 15) is 19.2 Å². The third kappa shape index (κ3) is 11.2. The highest BCUT2D eigenvalue weighted by Gasteiger charge is 2.33. The third-order valence-corrected chi connectivity index (χ3v) is 8.02. The third-order valence-electron chi connectivity index (χ3n) is 8.02. The maximum absolute atomic E-state index is 13.8. The SMILES string of the molecule is CCOc1ccc(CCCNC(=O)[C@@H]2CC(=O)N[C@H](CC(C)C)C(=O)N(C)[C@H](CC(C)C)COc3ccccc3C(=O)N2)cc1OC. The molecule has 11 nitrogen and oxygen atoms in total. The number of nitrogens with zero attached hydrogens (tertiary/aromatic N) is 1. The number of likely N-dealkylation sites (N-methyl/N-ethyl adjacent to an activating group) is 1. The Morgan fingerprint density at radius 2 is 1.74 bits per heavy atom. The lowest BCUT2D eigenvalue weighted by Crippen LogP contribution is -2.54. The van der Waals surface area contributed by atoms with Gasteiger partial charge >= 0.3 is 0 Å². The average Bonchev–Trinajstić information content (AvgIpc) is 3.03. The Morgan fingerprint density at radius 3 is 2.43 bits per heavy atom. The van der Waals surface area contributed by atoms with Gasteiger partial charge in [0.2, 0.25) is 17.7 Å². The van der Waals surface area contributed by atoms with Gasteiger partial charge in [-0.3, -0.25) is 19.2 Å². The molecule has 0 fully saturated rings. The molecule has 0 saturated heterocycles. The van der Waals surface area contributed by atoms with Crippen molar-refractivity contribution in [2.45, 2.75) is 84.8 Å². The normalized spacial score (nSPS) is 19.3. The van der Waals surface area contributed by atoms with Gasteiger partial charge in [0.25, 0.3) is 5.91 Å². The molecule has 2 aromatic carbocycles. The summed E-state index contributed by atoms with van der Waals surface area (Å²) < 4.78 is 17.2. The maximum Gasteiger partial charge on any atom is 0.255 e. The van der Waals surface area contributed by atoms with E-state index >= 15 is 0 Å². The zero-order valence-corrected chi connectivity index (χ0v) is 28.9. The Bertz CT molecular complexity index is 1360. The molecular weight excluding hydrogens is 600 g/mol. The van der Waals surface area contributed by atoms with Crippen LogP contribution in [0, 0.1) is 11.8 Å². The topological polar surface area (TPSA) is 135 Å². The van der Waals surface area contributed by atoms with Crippen molar-refractivity contribution < 1.29 is 33.4 Å². The largest absolute Gasteiger partial charge is 0.493 e. The van der Waals surface area contributed by atoms with Crippen LogP contribution in [0.25, 0.3) is 0 Å². The van der Waals surface area contributed by atoms with E-state index in [2.05, 4.69) is 29.8 Å². The van der Waals surface area contributed by atoms with Crippen LogP contribution in [0.15, 0.2) is 42.5 Å². The van der Waals surface area contributed by atoms with E-state index in [-0.39, 0.29) is 42.4 Å². The number of methoxy groups -OCH3 is 1. The van der Waals surface area contributed by atoms with E-state index in [4.69, 9.17) is 14.2 Å². The van der Waals surface area contributed by atoms with E-state index in [0.717, 1.165) is 5.56 Å². The van der Waals surface area contributed by atoms with Gasteiger partial charge in [-0.15, -0.1) is 0 Å². The molecule has 3 atom stereocenters. The molecule has 0 saturated carbocycles. The van der Waals surface area contributed by atoms with Gasteiger partial charge in [-0.1, -0.05) is 45.9 Å². The molecule has 3 N–H and O–H groups in total.